The minimum absolute atomic E-state index is 0.380. The average Bonchev–Trinajstić information content (AvgIpc) is 2.83. The Morgan fingerprint density at radius 2 is 2.05 bits per heavy atom. The highest BCUT2D eigenvalue weighted by Crippen LogP contribution is 2.32. The molecule has 0 radical (unpaired) electrons. The Balaban J connectivity index is 2.20. The Morgan fingerprint density at radius 3 is 2.63 bits per heavy atom. The Bertz CT molecular complexity index is 554. The molecule has 6 heteroatoms. The molecule has 1 aromatic carbocycles. The predicted molar refractivity (Wildman–Crippen MR) is 72.6 cm³/mol. The molecule has 6 nitrogen and oxygen atoms in total. The van der Waals surface area contributed by atoms with Gasteiger partial charge >= 0.3 is 0 Å². The molecule has 0 bridgehead atoms. The smallest absolute Gasteiger partial charge is 0.167 e. The molecule has 0 aliphatic rings. The van der Waals surface area contributed by atoms with E-state index < -0.39 is 0 Å². The maximum absolute atomic E-state index is 5.52. The van der Waals surface area contributed by atoms with Gasteiger partial charge in [0.1, 0.15) is 11.5 Å². The first kappa shape index (κ1) is 13.1. The highest BCUT2D eigenvalue weighted by Gasteiger charge is 2.12. The molecule has 2 N–H and O–H groups in total. The number of aromatic nitrogens is 1. The lowest BCUT2D eigenvalue weighted by Gasteiger charge is -2.20. The van der Waals surface area contributed by atoms with Gasteiger partial charge in [-0.2, -0.15) is 0 Å². The fourth-order valence-electron chi connectivity index (χ4n) is 1.82. The van der Waals surface area contributed by atoms with Gasteiger partial charge in [0.2, 0.25) is 0 Å². The number of anilines is 2. The SMILES string of the molecule is COc1ccc(N(C)Cc2cc(N)no2)c(OC)c1. The van der Waals surface area contributed by atoms with Crippen molar-refractivity contribution in [3.63, 3.8) is 0 Å². The molecule has 0 aliphatic heterocycles. The summed E-state index contributed by atoms with van der Waals surface area (Å²) < 4.78 is 15.6. The van der Waals surface area contributed by atoms with Gasteiger partial charge in [-0.25, -0.2) is 0 Å². The van der Waals surface area contributed by atoms with Crippen molar-refractivity contribution >= 4 is 11.5 Å². The molecule has 0 aliphatic carbocycles. The van der Waals surface area contributed by atoms with Crippen molar-refractivity contribution in [1.82, 2.24) is 5.16 Å². The van der Waals surface area contributed by atoms with Crippen LogP contribution in [0.2, 0.25) is 0 Å². The monoisotopic (exact) mass is 263 g/mol. The van der Waals surface area contributed by atoms with Crippen molar-refractivity contribution < 1.29 is 14.0 Å². The van der Waals surface area contributed by atoms with Crippen LogP contribution in [-0.2, 0) is 6.54 Å². The topological polar surface area (TPSA) is 73.8 Å². The number of nitrogens with two attached hydrogens (primary N) is 1. The summed E-state index contributed by atoms with van der Waals surface area (Å²) in [5.74, 6) is 2.55. The molecule has 19 heavy (non-hydrogen) atoms. The quantitative estimate of drug-likeness (QED) is 0.888. The fraction of sp³-hybridized carbons (Fsp3) is 0.308. The summed E-state index contributed by atoms with van der Waals surface area (Å²) in [5.41, 5.74) is 6.45. The van der Waals surface area contributed by atoms with E-state index in [0.717, 1.165) is 17.2 Å². The third-order valence-electron chi connectivity index (χ3n) is 2.77. The number of methoxy groups -OCH3 is 2. The van der Waals surface area contributed by atoms with E-state index in [9.17, 15) is 0 Å². The molecule has 2 rings (SSSR count). The van der Waals surface area contributed by atoms with Crippen LogP contribution in [0.15, 0.2) is 28.8 Å². The zero-order valence-corrected chi connectivity index (χ0v) is 11.2. The van der Waals surface area contributed by atoms with Gasteiger partial charge in [-0.3, -0.25) is 0 Å². The van der Waals surface area contributed by atoms with E-state index in [1.54, 1.807) is 20.3 Å². The fourth-order valence-corrected chi connectivity index (χ4v) is 1.82. The van der Waals surface area contributed by atoms with E-state index in [-0.39, 0.29) is 0 Å². The second kappa shape index (κ2) is 5.51. The first-order chi connectivity index (χ1) is 9.13. The highest BCUT2D eigenvalue weighted by molar-refractivity contribution is 5.60. The van der Waals surface area contributed by atoms with E-state index >= 15 is 0 Å². The molecule has 1 heterocycles. The standard InChI is InChI=1S/C13H17N3O3/c1-16(8-10-7-13(14)15-19-10)11-5-4-9(17-2)6-12(11)18-3/h4-7H,8H2,1-3H3,(H2,14,15). The third-order valence-corrected chi connectivity index (χ3v) is 2.77. The summed E-state index contributed by atoms with van der Waals surface area (Å²) in [4.78, 5) is 1.98. The predicted octanol–water partition coefficient (Wildman–Crippen LogP) is 1.91. The van der Waals surface area contributed by atoms with Gasteiger partial charge in [0, 0.05) is 19.2 Å². The number of nitrogen functional groups attached to an aromatic ring is 1. The van der Waals surface area contributed by atoms with Crippen molar-refractivity contribution in [2.24, 2.45) is 0 Å². The van der Waals surface area contributed by atoms with Crippen LogP contribution >= 0.6 is 0 Å². The van der Waals surface area contributed by atoms with Crippen LogP contribution < -0.4 is 20.1 Å². The summed E-state index contributed by atoms with van der Waals surface area (Å²) in [7, 11) is 5.18. The molecule has 102 valence electrons. The Morgan fingerprint density at radius 1 is 1.26 bits per heavy atom. The normalized spacial score (nSPS) is 10.3. The molecule has 0 saturated carbocycles. The summed E-state index contributed by atoms with van der Waals surface area (Å²) >= 11 is 0. The van der Waals surface area contributed by atoms with E-state index in [1.165, 1.54) is 0 Å². The first-order valence-corrected chi connectivity index (χ1v) is 5.78. The molecule has 0 atom stereocenters. The maximum atomic E-state index is 5.52. The summed E-state index contributed by atoms with van der Waals surface area (Å²) in [5, 5.41) is 3.66. The Hall–Kier alpha value is -2.37. The molecule has 0 saturated heterocycles. The van der Waals surface area contributed by atoms with Crippen LogP contribution in [0.5, 0.6) is 11.5 Å². The molecule has 0 fully saturated rings. The lowest BCUT2D eigenvalue weighted by molar-refractivity contribution is 0.382. The Kier molecular flexibility index (Phi) is 3.79. The van der Waals surface area contributed by atoms with Crippen molar-refractivity contribution in [2.45, 2.75) is 6.54 Å². The lowest BCUT2D eigenvalue weighted by Crippen LogP contribution is -2.16. The zero-order chi connectivity index (χ0) is 13.8. The molecule has 1 aromatic heterocycles. The molecule has 0 amide bonds. The highest BCUT2D eigenvalue weighted by atomic mass is 16.5. The van der Waals surface area contributed by atoms with E-state index in [1.807, 2.05) is 30.1 Å². The molecular formula is C13H17N3O3. The van der Waals surface area contributed by atoms with Gasteiger partial charge in [0.25, 0.3) is 0 Å². The molecule has 0 unspecified atom stereocenters. The van der Waals surface area contributed by atoms with Crippen LogP contribution in [0.1, 0.15) is 5.76 Å². The van der Waals surface area contributed by atoms with Crippen molar-refractivity contribution in [2.75, 3.05) is 31.9 Å². The minimum atomic E-state index is 0.380. The molecule has 2 aromatic rings. The summed E-state index contributed by atoms with van der Waals surface area (Å²) in [6.07, 6.45) is 0. The van der Waals surface area contributed by atoms with Gasteiger partial charge in [0.15, 0.2) is 11.6 Å². The van der Waals surface area contributed by atoms with Crippen molar-refractivity contribution in [3.05, 3.63) is 30.0 Å². The van der Waals surface area contributed by atoms with Crippen LogP contribution in [0.3, 0.4) is 0 Å². The minimum Gasteiger partial charge on any atom is -0.497 e. The van der Waals surface area contributed by atoms with Gasteiger partial charge in [0.05, 0.1) is 26.5 Å². The second-order valence-corrected chi connectivity index (χ2v) is 4.11. The zero-order valence-electron chi connectivity index (χ0n) is 11.2. The molecule has 0 spiro atoms. The number of hydrogen-bond acceptors (Lipinski definition) is 6. The van der Waals surface area contributed by atoms with Gasteiger partial charge in [-0.05, 0) is 12.1 Å². The van der Waals surface area contributed by atoms with Crippen LogP contribution in [-0.4, -0.2) is 26.4 Å². The first-order valence-electron chi connectivity index (χ1n) is 5.78. The lowest BCUT2D eigenvalue weighted by atomic mass is 10.2. The number of rotatable bonds is 5. The average molecular weight is 263 g/mol. The Labute approximate surface area is 111 Å². The summed E-state index contributed by atoms with van der Waals surface area (Å²) in [6, 6.07) is 7.34. The van der Waals surface area contributed by atoms with Crippen molar-refractivity contribution in [1.29, 1.82) is 0 Å². The van der Waals surface area contributed by atoms with E-state index in [2.05, 4.69) is 5.16 Å². The van der Waals surface area contributed by atoms with E-state index in [0.29, 0.717) is 18.1 Å². The van der Waals surface area contributed by atoms with Crippen molar-refractivity contribution in [3.8, 4) is 11.5 Å². The van der Waals surface area contributed by atoms with Crippen LogP contribution in [0, 0.1) is 0 Å². The summed E-state index contributed by atoms with van der Waals surface area (Å²) in [6.45, 7) is 0.549. The van der Waals surface area contributed by atoms with Crippen LogP contribution in [0.4, 0.5) is 11.5 Å². The van der Waals surface area contributed by atoms with Crippen LogP contribution in [0.25, 0.3) is 0 Å². The number of nitrogens with zero attached hydrogens (tertiary/aromatic N) is 2. The molecular weight excluding hydrogens is 246 g/mol. The van der Waals surface area contributed by atoms with E-state index in [4.69, 9.17) is 19.7 Å². The van der Waals surface area contributed by atoms with Gasteiger partial charge in [-0.15, -0.1) is 0 Å². The number of benzene rings is 1. The third kappa shape index (κ3) is 2.90. The number of hydrogen-bond donors (Lipinski definition) is 1. The largest absolute Gasteiger partial charge is 0.497 e. The maximum Gasteiger partial charge on any atom is 0.167 e. The number of ether oxygens (including phenoxy) is 2. The second-order valence-electron chi connectivity index (χ2n) is 4.11. The van der Waals surface area contributed by atoms with Gasteiger partial charge < -0.3 is 24.6 Å². The van der Waals surface area contributed by atoms with Gasteiger partial charge in [-0.1, -0.05) is 5.16 Å².